The van der Waals surface area contributed by atoms with Crippen LogP contribution in [0.3, 0.4) is 0 Å². The van der Waals surface area contributed by atoms with Gasteiger partial charge in [-0.05, 0) is 49.9 Å². The number of rotatable bonds is 5. The maximum absolute atomic E-state index is 6.08. The molecule has 0 aliphatic heterocycles. The first-order valence-corrected chi connectivity index (χ1v) is 8.48. The van der Waals surface area contributed by atoms with E-state index in [0.29, 0.717) is 6.10 Å². The van der Waals surface area contributed by atoms with Crippen molar-refractivity contribution < 1.29 is 4.74 Å². The van der Waals surface area contributed by atoms with Gasteiger partial charge in [-0.15, -0.1) is 0 Å². The van der Waals surface area contributed by atoms with E-state index in [-0.39, 0.29) is 0 Å². The molecule has 0 spiro atoms. The largest absolute Gasteiger partial charge is 0.377 e. The zero-order valence-corrected chi connectivity index (χ0v) is 13.2. The minimum atomic E-state index is 0.519. The molecule has 0 aromatic rings. The zero-order valence-electron chi connectivity index (χ0n) is 13.2. The Labute approximate surface area is 119 Å². The van der Waals surface area contributed by atoms with Crippen LogP contribution < -0.4 is 5.32 Å². The van der Waals surface area contributed by atoms with Gasteiger partial charge in [0, 0.05) is 12.6 Å². The minimum absolute atomic E-state index is 0.519. The molecule has 0 heterocycles. The number of hydrogen-bond donors (Lipinski definition) is 1. The van der Waals surface area contributed by atoms with E-state index >= 15 is 0 Å². The van der Waals surface area contributed by atoms with Gasteiger partial charge in [0.15, 0.2) is 0 Å². The van der Waals surface area contributed by atoms with Crippen LogP contribution in [0, 0.1) is 17.8 Å². The summed E-state index contributed by atoms with van der Waals surface area (Å²) in [6, 6.07) is 0.747. The van der Waals surface area contributed by atoms with Gasteiger partial charge in [-0.3, -0.25) is 0 Å². The zero-order chi connectivity index (χ0) is 13.7. The quantitative estimate of drug-likeness (QED) is 0.760. The molecule has 0 amide bonds. The molecule has 1 N–H and O–H groups in total. The van der Waals surface area contributed by atoms with Gasteiger partial charge in [0.05, 0.1) is 12.7 Å². The second-order valence-electron chi connectivity index (χ2n) is 7.33. The van der Waals surface area contributed by atoms with Gasteiger partial charge in [0.1, 0.15) is 0 Å². The fourth-order valence-electron chi connectivity index (χ4n) is 4.12. The van der Waals surface area contributed by atoms with Crippen LogP contribution in [-0.4, -0.2) is 25.3 Å². The second kappa shape index (κ2) is 7.64. The third-order valence-corrected chi connectivity index (χ3v) is 4.96. The number of ether oxygens (including phenoxy) is 1. The van der Waals surface area contributed by atoms with Crippen molar-refractivity contribution in [2.24, 2.45) is 17.8 Å². The summed E-state index contributed by atoms with van der Waals surface area (Å²) in [5.41, 5.74) is 0. The summed E-state index contributed by atoms with van der Waals surface area (Å²) in [6.45, 7) is 9.06. The molecule has 2 nitrogen and oxygen atoms in total. The summed E-state index contributed by atoms with van der Waals surface area (Å²) >= 11 is 0. The van der Waals surface area contributed by atoms with Gasteiger partial charge in [-0.2, -0.15) is 0 Å². The monoisotopic (exact) mass is 267 g/mol. The molecule has 2 saturated carbocycles. The lowest BCUT2D eigenvalue weighted by atomic mass is 9.82. The van der Waals surface area contributed by atoms with Crippen LogP contribution in [0.4, 0.5) is 0 Å². The van der Waals surface area contributed by atoms with E-state index in [1.807, 2.05) is 0 Å². The molecule has 2 fully saturated rings. The van der Waals surface area contributed by atoms with Crippen LogP contribution in [0.25, 0.3) is 0 Å². The van der Waals surface area contributed by atoms with Gasteiger partial charge in [-0.1, -0.05) is 33.6 Å². The predicted octanol–water partition coefficient (Wildman–Crippen LogP) is 4.00. The standard InChI is InChI=1S/C17H33NO/c1-13-5-4-6-16(10-13)18-7-8-19-17-11-14(2)9-15(3)12-17/h13-18H,4-12H2,1-3H3. The first kappa shape index (κ1) is 15.3. The molecule has 0 aromatic carbocycles. The van der Waals surface area contributed by atoms with Gasteiger partial charge in [-0.25, -0.2) is 0 Å². The van der Waals surface area contributed by atoms with E-state index < -0.39 is 0 Å². The molecule has 0 saturated heterocycles. The second-order valence-corrected chi connectivity index (χ2v) is 7.33. The molecule has 4 atom stereocenters. The molecule has 2 aliphatic carbocycles. The predicted molar refractivity (Wildman–Crippen MR) is 81.3 cm³/mol. The number of hydrogen-bond acceptors (Lipinski definition) is 2. The van der Waals surface area contributed by atoms with Crippen molar-refractivity contribution in [3.05, 3.63) is 0 Å². The third kappa shape index (κ3) is 5.43. The molecule has 2 heteroatoms. The molecular weight excluding hydrogens is 234 g/mol. The topological polar surface area (TPSA) is 21.3 Å². The molecule has 0 bridgehead atoms. The summed E-state index contributed by atoms with van der Waals surface area (Å²) in [4.78, 5) is 0. The lowest BCUT2D eigenvalue weighted by Gasteiger charge is -2.32. The summed E-state index contributed by atoms with van der Waals surface area (Å²) in [6.07, 6.45) is 9.99. The average molecular weight is 267 g/mol. The fraction of sp³-hybridized carbons (Fsp3) is 1.00. The Morgan fingerprint density at radius 1 is 0.895 bits per heavy atom. The summed E-state index contributed by atoms with van der Waals surface area (Å²) < 4.78 is 6.08. The van der Waals surface area contributed by atoms with Crippen molar-refractivity contribution in [3.8, 4) is 0 Å². The minimum Gasteiger partial charge on any atom is -0.377 e. The third-order valence-electron chi connectivity index (χ3n) is 4.96. The molecule has 2 aliphatic rings. The molecule has 2 rings (SSSR count). The van der Waals surface area contributed by atoms with E-state index in [1.165, 1.54) is 44.9 Å². The maximum Gasteiger partial charge on any atom is 0.0594 e. The molecule has 0 radical (unpaired) electrons. The Balaban J connectivity index is 1.56. The van der Waals surface area contributed by atoms with E-state index in [1.54, 1.807) is 0 Å². The Morgan fingerprint density at radius 3 is 2.32 bits per heavy atom. The normalized spacial score (nSPS) is 40.3. The van der Waals surface area contributed by atoms with E-state index in [4.69, 9.17) is 4.74 Å². The molecule has 112 valence electrons. The van der Waals surface area contributed by atoms with E-state index in [2.05, 4.69) is 26.1 Å². The van der Waals surface area contributed by atoms with Gasteiger partial charge in [0.25, 0.3) is 0 Å². The van der Waals surface area contributed by atoms with Crippen LogP contribution in [0.1, 0.15) is 65.7 Å². The Hall–Kier alpha value is -0.0800. The molecular formula is C17H33NO. The highest BCUT2D eigenvalue weighted by molar-refractivity contribution is 4.77. The lowest BCUT2D eigenvalue weighted by molar-refractivity contribution is 0.00153. The maximum atomic E-state index is 6.08. The van der Waals surface area contributed by atoms with Gasteiger partial charge in [0.2, 0.25) is 0 Å². The smallest absolute Gasteiger partial charge is 0.0594 e. The Kier molecular flexibility index (Phi) is 6.15. The highest BCUT2D eigenvalue weighted by Gasteiger charge is 2.24. The summed E-state index contributed by atoms with van der Waals surface area (Å²) in [7, 11) is 0. The van der Waals surface area contributed by atoms with Crippen molar-refractivity contribution >= 4 is 0 Å². The number of nitrogens with one attached hydrogen (secondary N) is 1. The molecule has 4 unspecified atom stereocenters. The summed E-state index contributed by atoms with van der Waals surface area (Å²) in [5, 5.41) is 3.69. The first-order valence-electron chi connectivity index (χ1n) is 8.48. The fourth-order valence-corrected chi connectivity index (χ4v) is 4.12. The average Bonchev–Trinajstić information content (AvgIpc) is 2.34. The first-order chi connectivity index (χ1) is 9.13. The van der Waals surface area contributed by atoms with Crippen molar-refractivity contribution in [2.45, 2.75) is 77.9 Å². The van der Waals surface area contributed by atoms with E-state index in [0.717, 1.165) is 36.9 Å². The Bertz CT molecular complexity index is 246. The molecule has 0 aromatic heterocycles. The highest BCUT2D eigenvalue weighted by atomic mass is 16.5. The van der Waals surface area contributed by atoms with Crippen LogP contribution in [0.5, 0.6) is 0 Å². The van der Waals surface area contributed by atoms with Crippen molar-refractivity contribution in [3.63, 3.8) is 0 Å². The lowest BCUT2D eigenvalue weighted by Crippen LogP contribution is -2.36. The summed E-state index contributed by atoms with van der Waals surface area (Å²) in [5.74, 6) is 2.61. The van der Waals surface area contributed by atoms with Gasteiger partial charge >= 0.3 is 0 Å². The van der Waals surface area contributed by atoms with Gasteiger partial charge < -0.3 is 10.1 Å². The van der Waals surface area contributed by atoms with Crippen LogP contribution >= 0.6 is 0 Å². The highest BCUT2D eigenvalue weighted by Crippen LogP contribution is 2.30. The van der Waals surface area contributed by atoms with Crippen LogP contribution in [0.15, 0.2) is 0 Å². The van der Waals surface area contributed by atoms with Crippen LogP contribution in [-0.2, 0) is 4.74 Å². The SMILES string of the molecule is CC1CCCC(NCCOC2CC(C)CC(C)C2)C1. The van der Waals surface area contributed by atoms with Crippen molar-refractivity contribution in [2.75, 3.05) is 13.2 Å². The Morgan fingerprint density at radius 2 is 1.63 bits per heavy atom. The van der Waals surface area contributed by atoms with Crippen molar-refractivity contribution in [1.82, 2.24) is 5.32 Å². The van der Waals surface area contributed by atoms with Crippen LogP contribution in [0.2, 0.25) is 0 Å². The van der Waals surface area contributed by atoms with Crippen molar-refractivity contribution in [1.29, 1.82) is 0 Å². The molecule has 19 heavy (non-hydrogen) atoms. The van der Waals surface area contributed by atoms with E-state index in [9.17, 15) is 0 Å².